The van der Waals surface area contributed by atoms with Gasteiger partial charge in [0, 0.05) is 20.6 Å². The van der Waals surface area contributed by atoms with Crippen LogP contribution in [0.2, 0.25) is 0 Å². The zero-order valence-corrected chi connectivity index (χ0v) is 13.6. The maximum atomic E-state index is 12.1. The molecule has 2 amide bonds. The van der Waals surface area contributed by atoms with Crippen LogP contribution in [0.4, 0.5) is 0 Å². The van der Waals surface area contributed by atoms with E-state index in [0.717, 1.165) is 24.9 Å². The zero-order chi connectivity index (χ0) is 16.1. The second-order valence-corrected chi connectivity index (χ2v) is 6.12. The fourth-order valence-electron chi connectivity index (χ4n) is 2.74. The van der Waals surface area contributed by atoms with Gasteiger partial charge in [0.05, 0.1) is 12.6 Å². The molecule has 1 fully saturated rings. The molecule has 0 aliphatic carbocycles. The number of nitrogens with zero attached hydrogens (tertiary/aromatic N) is 2. The van der Waals surface area contributed by atoms with Gasteiger partial charge in [0.15, 0.2) is 0 Å². The number of nitrogens with one attached hydrogen (secondary N) is 1. The van der Waals surface area contributed by atoms with E-state index in [1.54, 1.807) is 19.0 Å². The van der Waals surface area contributed by atoms with Crippen LogP contribution >= 0.6 is 0 Å². The lowest BCUT2D eigenvalue weighted by Gasteiger charge is -2.25. The molecule has 0 radical (unpaired) electrons. The SMILES string of the molecule is Cc1ccc(CNC(=O)CN2CCCC2C(=O)N(C)C)cc1. The molecule has 0 spiro atoms. The first kappa shape index (κ1) is 16.5. The molecule has 5 nitrogen and oxygen atoms in total. The fourth-order valence-corrected chi connectivity index (χ4v) is 2.74. The fraction of sp³-hybridized carbons (Fsp3) is 0.529. The first-order valence-corrected chi connectivity index (χ1v) is 7.75. The Morgan fingerprint density at radius 3 is 2.59 bits per heavy atom. The minimum atomic E-state index is -0.153. The Labute approximate surface area is 132 Å². The van der Waals surface area contributed by atoms with Crippen molar-refractivity contribution in [1.29, 1.82) is 0 Å². The van der Waals surface area contributed by atoms with Crippen LogP contribution in [0.5, 0.6) is 0 Å². The Hall–Kier alpha value is -1.88. The van der Waals surface area contributed by atoms with Crippen LogP contribution < -0.4 is 5.32 Å². The molecule has 120 valence electrons. The molecule has 1 heterocycles. The molecular formula is C17H25N3O2. The molecule has 1 atom stereocenters. The van der Waals surface area contributed by atoms with Crippen molar-refractivity contribution in [3.63, 3.8) is 0 Å². The van der Waals surface area contributed by atoms with Gasteiger partial charge in [-0.1, -0.05) is 29.8 Å². The summed E-state index contributed by atoms with van der Waals surface area (Å²) in [5.41, 5.74) is 2.29. The maximum absolute atomic E-state index is 12.1. The summed E-state index contributed by atoms with van der Waals surface area (Å²) >= 11 is 0. The van der Waals surface area contributed by atoms with Gasteiger partial charge in [-0.2, -0.15) is 0 Å². The van der Waals surface area contributed by atoms with Gasteiger partial charge < -0.3 is 10.2 Å². The highest BCUT2D eigenvalue weighted by atomic mass is 16.2. The average Bonchev–Trinajstić information content (AvgIpc) is 2.93. The van der Waals surface area contributed by atoms with Crippen molar-refractivity contribution < 1.29 is 9.59 Å². The van der Waals surface area contributed by atoms with Crippen LogP contribution in [0.3, 0.4) is 0 Å². The van der Waals surface area contributed by atoms with Crippen molar-refractivity contribution in [2.24, 2.45) is 0 Å². The summed E-state index contributed by atoms with van der Waals surface area (Å²) in [7, 11) is 3.52. The zero-order valence-electron chi connectivity index (χ0n) is 13.6. The van der Waals surface area contributed by atoms with Crippen LogP contribution in [0.1, 0.15) is 24.0 Å². The van der Waals surface area contributed by atoms with Gasteiger partial charge >= 0.3 is 0 Å². The summed E-state index contributed by atoms with van der Waals surface area (Å²) in [6.45, 7) is 3.66. The summed E-state index contributed by atoms with van der Waals surface area (Å²) in [5, 5.41) is 2.93. The largest absolute Gasteiger partial charge is 0.351 e. The molecule has 1 saturated heterocycles. The van der Waals surface area contributed by atoms with Crippen LogP contribution in [-0.2, 0) is 16.1 Å². The number of rotatable bonds is 5. The number of likely N-dealkylation sites (N-methyl/N-ethyl adjacent to an activating group) is 1. The smallest absolute Gasteiger partial charge is 0.239 e. The molecule has 1 N–H and O–H groups in total. The molecule has 1 aromatic rings. The summed E-state index contributed by atoms with van der Waals surface area (Å²) in [6, 6.07) is 7.95. The Balaban J connectivity index is 1.83. The minimum absolute atomic E-state index is 0.0287. The van der Waals surface area contributed by atoms with Gasteiger partial charge in [-0.3, -0.25) is 14.5 Å². The van der Waals surface area contributed by atoms with Gasteiger partial charge in [-0.15, -0.1) is 0 Å². The Bertz CT molecular complexity index is 525. The lowest BCUT2D eigenvalue weighted by molar-refractivity contribution is -0.134. The Kier molecular flexibility index (Phi) is 5.55. The van der Waals surface area contributed by atoms with Crippen molar-refractivity contribution in [2.75, 3.05) is 27.2 Å². The quantitative estimate of drug-likeness (QED) is 0.888. The number of carbonyl (C=O) groups is 2. The van der Waals surface area contributed by atoms with Crippen molar-refractivity contribution in [1.82, 2.24) is 15.1 Å². The monoisotopic (exact) mass is 303 g/mol. The normalized spacial score (nSPS) is 18.2. The van der Waals surface area contributed by atoms with Gasteiger partial charge in [0.2, 0.25) is 11.8 Å². The minimum Gasteiger partial charge on any atom is -0.351 e. The number of carbonyl (C=O) groups excluding carboxylic acids is 2. The highest BCUT2D eigenvalue weighted by Gasteiger charge is 2.32. The predicted molar refractivity (Wildman–Crippen MR) is 86.3 cm³/mol. The topological polar surface area (TPSA) is 52.7 Å². The van der Waals surface area contributed by atoms with Crippen molar-refractivity contribution >= 4 is 11.8 Å². The second kappa shape index (κ2) is 7.40. The summed E-state index contributed by atoms with van der Waals surface area (Å²) in [5.74, 6) is 0.0582. The van der Waals surface area contributed by atoms with E-state index in [1.165, 1.54) is 5.56 Å². The van der Waals surface area contributed by atoms with Crippen molar-refractivity contribution in [3.8, 4) is 0 Å². The Morgan fingerprint density at radius 1 is 1.27 bits per heavy atom. The third kappa shape index (κ3) is 4.31. The summed E-state index contributed by atoms with van der Waals surface area (Å²) in [6.07, 6.45) is 1.80. The molecule has 22 heavy (non-hydrogen) atoms. The molecule has 2 rings (SSSR count). The molecule has 1 aliphatic rings. The van der Waals surface area contributed by atoms with Gasteiger partial charge in [0.1, 0.15) is 0 Å². The van der Waals surface area contributed by atoms with Gasteiger partial charge in [-0.05, 0) is 31.9 Å². The van der Waals surface area contributed by atoms with E-state index in [0.29, 0.717) is 6.54 Å². The maximum Gasteiger partial charge on any atom is 0.239 e. The summed E-state index contributed by atoms with van der Waals surface area (Å²) < 4.78 is 0. The molecular weight excluding hydrogens is 278 g/mol. The highest BCUT2D eigenvalue weighted by molar-refractivity contribution is 5.83. The van der Waals surface area contributed by atoms with Crippen LogP contribution in [0.25, 0.3) is 0 Å². The van der Waals surface area contributed by atoms with E-state index in [1.807, 2.05) is 36.1 Å². The number of hydrogen-bond acceptors (Lipinski definition) is 3. The summed E-state index contributed by atoms with van der Waals surface area (Å²) in [4.78, 5) is 27.8. The van der Waals surface area contributed by atoms with Gasteiger partial charge in [-0.25, -0.2) is 0 Å². The van der Waals surface area contributed by atoms with E-state index in [2.05, 4.69) is 5.32 Å². The van der Waals surface area contributed by atoms with Crippen molar-refractivity contribution in [3.05, 3.63) is 35.4 Å². The Morgan fingerprint density at radius 2 is 1.95 bits per heavy atom. The number of amides is 2. The third-order valence-corrected chi connectivity index (χ3v) is 4.05. The lowest BCUT2D eigenvalue weighted by atomic mass is 10.1. The van der Waals surface area contributed by atoms with Crippen LogP contribution in [-0.4, -0.2) is 54.8 Å². The number of benzene rings is 1. The van der Waals surface area contributed by atoms with Crippen molar-refractivity contribution in [2.45, 2.75) is 32.4 Å². The van der Waals surface area contributed by atoms with Crippen LogP contribution in [0, 0.1) is 6.92 Å². The van der Waals surface area contributed by atoms with E-state index < -0.39 is 0 Å². The average molecular weight is 303 g/mol. The third-order valence-electron chi connectivity index (χ3n) is 4.05. The standard InChI is InChI=1S/C17H25N3O2/c1-13-6-8-14(9-7-13)11-18-16(21)12-20-10-4-5-15(20)17(22)19(2)3/h6-9,15H,4-5,10-12H2,1-3H3,(H,18,21). The van der Waals surface area contributed by atoms with Gasteiger partial charge in [0.25, 0.3) is 0 Å². The molecule has 1 unspecified atom stereocenters. The highest BCUT2D eigenvalue weighted by Crippen LogP contribution is 2.18. The second-order valence-electron chi connectivity index (χ2n) is 6.12. The van der Waals surface area contributed by atoms with Crippen LogP contribution in [0.15, 0.2) is 24.3 Å². The first-order valence-electron chi connectivity index (χ1n) is 7.75. The number of likely N-dealkylation sites (tertiary alicyclic amines) is 1. The molecule has 5 heteroatoms. The van der Waals surface area contributed by atoms with E-state index in [-0.39, 0.29) is 24.4 Å². The lowest BCUT2D eigenvalue weighted by Crippen LogP contribution is -2.46. The van der Waals surface area contributed by atoms with E-state index in [9.17, 15) is 9.59 Å². The molecule has 0 aromatic heterocycles. The number of aryl methyl sites for hydroxylation is 1. The molecule has 1 aliphatic heterocycles. The number of hydrogen-bond donors (Lipinski definition) is 1. The van der Waals surface area contributed by atoms with E-state index in [4.69, 9.17) is 0 Å². The predicted octanol–water partition coefficient (Wildman–Crippen LogP) is 1.16. The molecule has 0 saturated carbocycles. The molecule has 0 bridgehead atoms. The molecule has 1 aromatic carbocycles. The first-order chi connectivity index (χ1) is 10.5. The van der Waals surface area contributed by atoms with E-state index >= 15 is 0 Å².